The lowest BCUT2D eigenvalue weighted by atomic mass is 9.87. The van der Waals surface area contributed by atoms with E-state index < -0.39 is 35.4 Å². The van der Waals surface area contributed by atoms with Crippen molar-refractivity contribution in [1.82, 2.24) is 9.55 Å². The summed E-state index contributed by atoms with van der Waals surface area (Å²) in [6.07, 6.45) is 0.793. The summed E-state index contributed by atoms with van der Waals surface area (Å²) in [4.78, 5) is 25.2. The molecule has 1 aliphatic carbocycles. The highest BCUT2D eigenvalue weighted by molar-refractivity contribution is 5.12. The van der Waals surface area contributed by atoms with Crippen LogP contribution in [0.3, 0.4) is 0 Å². The molecule has 1 aliphatic rings. The van der Waals surface area contributed by atoms with Crippen molar-refractivity contribution in [3.8, 4) is 6.07 Å². The second kappa shape index (κ2) is 4.64. The van der Waals surface area contributed by atoms with E-state index in [9.17, 15) is 19.8 Å². The zero-order valence-corrected chi connectivity index (χ0v) is 10.5. The molecule has 0 saturated heterocycles. The van der Waals surface area contributed by atoms with Crippen LogP contribution in [0.15, 0.2) is 15.8 Å². The van der Waals surface area contributed by atoms with Gasteiger partial charge in [0.15, 0.2) is 0 Å². The third-order valence-electron chi connectivity index (χ3n) is 3.78. The third kappa shape index (κ3) is 2.09. The molecule has 7 heteroatoms. The van der Waals surface area contributed by atoms with Crippen molar-refractivity contribution in [1.29, 1.82) is 5.26 Å². The summed E-state index contributed by atoms with van der Waals surface area (Å²) in [5, 5.41) is 28.3. The minimum atomic E-state index is -1.24. The highest BCUT2D eigenvalue weighted by Crippen LogP contribution is 2.43. The number of aliphatic hydroxyl groups is 2. The van der Waals surface area contributed by atoms with Crippen LogP contribution in [0.4, 0.5) is 0 Å². The molecule has 1 saturated carbocycles. The Morgan fingerprint density at radius 3 is 2.84 bits per heavy atom. The highest BCUT2D eigenvalue weighted by Gasteiger charge is 2.47. The Morgan fingerprint density at radius 1 is 1.63 bits per heavy atom. The number of nitriles is 1. The molecule has 0 aromatic carbocycles. The van der Waals surface area contributed by atoms with E-state index in [4.69, 9.17) is 5.26 Å². The number of H-pyrrole nitrogens is 1. The van der Waals surface area contributed by atoms with E-state index in [1.807, 2.05) is 6.07 Å². The molecule has 3 atom stereocenters. The van der Waals surface area contributed by atoms with Gasteiger partial charge in [0.25, 0.3) is 5.56 Å². The van der Waals surface area contributed by atoms with Crippen molar-refractivity contribution in [2.24, 2.45) is 5.41 Å². The summed E-state index contributed by atoms with van der Waals surface area (Å²) >= 11 is 0. The standard InChI is InChI=1S/C12H15N3O4/c1-7-4-15(11(19)14-10(7)18)8-2-9(17)12(3-8,5-13)6-16/h4,8-9,16-17H,2-3,6H2,1H3,(H,14,18,19). The molecule has 3 unspecified atom stereocenters. The van der Waals surface area contributed by atoms with E-state index >= 15 is 0 Å². The van der Waals surface area contributed by atoms with Crippen LogP contribution in [0.25, 0.3) is 0 Å². The molecule has 2 rings (SSSR count). The fourth-order valence-corrected chi connectivity index (χ4v) is 2.52. The number of rotatable bonds is 2. The van der Waals surface area contributed by atoms with Gasteiger partial charge in [0, 0.05) is 17.8 Å². The van der Waals surface area contributed by atoms with Gasteiger partial charge in [0.2, 0.25) is 0 Å². The molecule has 0 spiro atoms. The van der Waals surface area contributed by atoms with E-state index in [1.165, 1.54) is 10.8 Å². The first kappa shape index (κ1) is 13.5. The van der Waals surface area contributed by atoms with E-state index in [2.05, 4.69) is 4.98 Å². The zero-order valence-electron chi connectivity index (χ0n) is 10.5. The summed E-state index contributed by atoms with van der Waals surface area (Å²) in [5.74, 6) is 0. The molecular formula is C12H15N3O4. The Kier molecular flexibility index (Phi) is 3.30. The molecule has 19 heavy (non-hydrogen) atoms. The summed E-state index contributed by atoms with van der Waals surface area (Å²) in [7, 11) is 0. The first-order valence-corrected chi connectivity index (χ1v) is 5.96. The number of hydrogen-bond acceptors (Lipinski definition) is 5. The van der Waals surface area contributed by atoms with Crippen molar-refractivity contribution >= 4 is 0 Å². The number of hydrogen-bond donors (Lipinski definition) is 3. The van der Waals surface area contributed by atoms with Gasteiger partial charge in [0.1, 0.15) is 5.41 Å². The fourth-order valence-electron chi connectivity index (χ4n) is 2.52. The summed E-state index contributed by atoms with van der Waals surface area (Å²) in [6.45, 7) is 1.11. The maximum absolute atomic E-state index is 11.8. The van der Waals surface area contributed by atoms with Crippen LogP contribution < -0.4 is 11.2 Å². The predicted molar refractivity (Wildman–Crippen MR) is 65.5 cm³/mol. The van der Waals surface area contributed by atoms with Gasteiger partial charge in [-0.2, -0.15) is 5.26 Å². The lowest BCUT2D eigenvalue weighted by molar-refractivity contribution is 0.0460. The van der Waals surface area contributed by atoms with Crippen LogP contribution >= 0.6 is 0 Å². The highest BCUT2D eigenvalue weighted by atomic mass is 16.3. The molecule has 1 fully saturated rings. The molecule has 1 heterocycles. The molecule has 1 aromatic rings. The van der Waals surface area contributed by atoms with Gasteiger partial charge in [0.05, 0.1) is 18.8 Å². The Hall–Kier alpha value is -1.91. The average molecular weight is 265 g/mol. The van der Waals surface area contributed by atoms with E-state index in [-0.39, 0.29) is 12.8 Å². The van der Waals surface area contributed by atoms with Gasteiger partial charge in [-0.25, -0.2) is 4.79 Å². The third-order valence-corrected chi connectivity index (χ3v) is 3.78. The van der Waals surface area contributed by atoms with Crippen LogP contribution in [0.5, 0.6) is 0 Å². The van der Waals surface area contributed by atoms with Crippen molar-refractivity contribution in [3.63, 3.8) is 0 Å². The number of nitrogens with one attached hydrogen (secondary N) is 1. The van der Waals surface area contributed by atoms with Crippen LogP contribution in [-0.2, 0) is 0 Å². The second-order valence-corrected chi connectivity index (χ2v) is 5.01. The minimum Gasteiger partial charge on any atom is -0.395 e. The van der Waals surface area contributed by atoms with Crippen LogP contribution in [0, 0.1) is 23.7 Å². The number of aromatic amines is 1. The van der Waals surface area contributed by atoms with Crippen molar-refractivity contribution in [2.75, 3.05) is 6.61 Å². The Balaban J connectivity index is 2.42. The lowest BCUT2D eigenvalue weighted by Crippen LogP contribution is -2.33. The molecule has 1 aromatic heterocycles. The number of aromatic nitrogens is 2. The zero-order chi connectivity index (χ0) is 14.2. The summed E-state index contributed by atoms with van der Waals surface area (Å²) < 4.78 is 1.31. The predicted octanol–water partition coefficient (Wildman–Crippen LogP) is -0.957. The Morgan fingerprint density at radius 2 is 2.32 bits per heavy atom. The van der Waals surface area contributed by atoms with Gasteiger partial charge >= 0.3 is 5.69 Å². The topological polar surface area (TPSA) is 119 Å². The van der Waals surface area contributed by atoms with Gasteiger partial charge < -0.3 is 10.2 Å². The molecule has 0 amide bonds. The second-order valence-electron chi connectivity index (χ2n) is 5.01. The Labute approximate surface area is 108 Å². The molecular weight excluding hydrogens is 250 g/mol. The SMILES string of the molecule is Cc1cn(C2CC(O)C(C#N)(CO)C2)c(=O)[nH]c1=O. The summed E-state index contributed by atoms with van der Waals surface area (Å²) in [6, 6.07) is 1.52. The van der Waals surface area contributed by atoms with E-state index in [1.54, 1.807) is 6.92 Å². The smallest absolute Gasteiger partial charge is 0.328 e. The van der Waals surface area contributed by atoms with Gasteiger partial charge in [-0.3, -0.25) is 14.3 Å². The quantitative estimate of drug-likeness (QED) is 0.636. The molecule has 0 aliphatic heterocycles. The Bertz CT molecular complexity index is 642. The number of aliphatic hydroxyl groups excluding tert-OH is 2. The maximum atomic E-state index is 11.8. The lowest BCUT2D eigenvalue weighted by Gasteiger charge is -2.21. The number of nitrogens with zero attached hydrogens (tertiary/aromatic N) is 2. The maximum Gasteiger partial charge on any atom is 0.328 e. The summed E-state index contributed by atoms with van der Waals surface area (Å²) in [5.41, 5.74) is -1.88. The van der Waals surface area contributed by atoms with E-state index in [0.29, 0.717) is 5.56 Å². The normalized spacial score (nSPS) is 30.2. The molecule has 7 nitrogen and oxygen atoms in total. The molecule has 0 bridgehead atoms. The molecule has 0 radical (unpaired) electrons. The fraction of sp³-hybridized carbons (Fsp3) is 0.583. The average Bonchev–Trinajstić information content (AvgIpc) is 2.71. The van der Waals surface area contributed by atoms with Gasteiger partial charge in [-0.15, -0.1) is 0 Å². The van der Waals surface area contributed by atoms with E-state index in [0.717, 1.165) is 0 Å². The van der Waals surface area contributed by atoms with Gasteiger partial charge in [-0.1, -0.05) is 0 Å². The van der Waals surface area contributed by atoms with Gasteiger partial charge in [-0.05, 0) is 19.8 Å². The van der Waals surface area contributed by atoms with Crippen molar-refractivity contribution < 1.29 is 10.2 Å². The first-order chi connectivity index (χ1) is 8.93. The molecule has 102 valence electrons. The van der Waals surface area contributed by atoms with Crippen molar-refractivity contribution in [3.05, 3.63) is 32.6 Å². The van der Waals surface area contributed by atoms with Crippen molar-refractivity contribution in [2.45, 2.75) is 31.9 Å². The molecule has 3 N–H and O–H groups in total. The van der Waals surface area contributed by atoms with Crippen LogP contribution in [-0.4, -0.2) is 32.5 Å². The minimum absolute atomic E-state index is 0.173. The monoisotopic (exact) mass is 265 g/mol. The van der Waals surface area contributed by atoms with Crippen LogP contribution in [0.1, 0.15) is 24.4 Å². The first-order valence-electron chi connectivity index (χ1n) is 5.96. The van der Waals surface area contributed by atoms with Crippen LogP contribution in [0.2, 0.25) is 0 Å². The largest absolute Gasteiger partial charge is 0.395 e. The number of aryl methyl sites for hydroxylation is 1.